The smallest absolute Gasteiger partial charge is 0.266 e. The number of carbonyl (C=O) groups is 1. The number of thiophene rings is 1. The van der Waals surface area contributed by atoms with Crippen LogP contribution in [0.3, 0.4) is 0 Å². The monoisotopic (exact) mass is 337 g/mol. The number of hydrogen-bond acceptors (Lipinski definition) is 3. The largest absolute Gasteiger partial charge is 0.342 e. The SMILES string of the molecule is CN1C(=N)N[C@](C)(c2sc(F)cc2Br)C(F)C1=O. The van der Waals surface area contributed by atoms with E-state index >= 15 is 0 Å². The molecule has 0 aliphatic carbocycles. The number of carbonyl (C=O) groups excluding carboxylic acids is 1. The summed E-state index contributed by atoms with van der Waals surface area (Å²) in [6.45, 7) is 1.44. The van der Waals surface area contributed by atoms with Crippen LogP contribution in [-0.2, 0) is 10.3 Å². The van der Waals surface area contributed by atoms with Crippen LogP contribution in [0.1, 0.15) is 11.8 Å². The Morgan fingerprint density at radius 3 is 2.78 bits per heavy atom. The summed E-state index contributed by atoms with van der Waals surface area (Å²) in [5.41, 5.74) is -1.44. The lowest BCUT2D eigenvalue weighted by molar-refractivity contribution is -0.136. The molecule has 0 bridgehead atoms. The van der Waals surface area contributed by atoms with Gasteiger partial charge in [-0.05, 0) is 28.9 Å². The summed E-state index contributed by atoms with van der Waals surface area (Å²) in [6, 6.07) is 1.21. The van der Waals surface area contributed by atoms with Gasteiger partial charge >= 0.3 is 0 Å². The molecule has 2 heterocycles. The number of nitrogens with zero attached hydrogens (tertiary/aromatic N) is 1. The van der Waals surface area contributed by atoms with Crippen molar-refractivity contribution in [3.05, 3.63) is 20.5 Å². The molecule has 8 heteroatoms. The van der Waals surface area contributed by atoms with Crippen LogP contribution in [0.4, 0.5) is 8.78 Å². The van der Waals surface area contributed by atoms with Crippen molar-refractivity contribution in [2.45, 2.75) is 18.6 Å². The molecule has 1 amide bonds. The van der Waals surface area contributed by atoms with Gasteiger partial charge in [-0.2, -0.15) is 4.39 Å². The van der Waals surface area contributed by atoms with Gasteiger partial charge in [0, 0.05) is 11.5 Å². The second-order valence-corrected chi connectivity index (χ2v) is 6.02. The Balaban J connectivity index is 2.50. The lowest BCUT2D eigenvalue weighted by atomic mass is 9.91. The number of rotatable bonds is 1. The second kappa shape index (κ2) is 4.27. The first-order chi connectivity index (χ1) is 8.27. The van der Waals surface area contributed by atoms with Crippen molar-refractivity contribution in [3.8, 4) is 0 Å². The van der Waals surface area contributed by atoms with Gasteiger partial charge in [-0.1, -0.05) is 0 Å². The van der Waals surface area contributed by atoms with Crippen LogP contribution in [0.2, 0.25) is 0 Å². The van der Waals surface area contributed by atoms with E-state index in [0.717, 1.165) is 16.2 Å². The quantitative estimate of drug-likeness (QED) is 0.825. The van der Waals surface area contributed by atoms with Crippen molar-refractivity contribution in [1.29, 1.82) is 5.41 Å². The third-order valence-corrected chi connectivity index (χ3v) is 4.94. The summed E-state index contributed by atoms with van der Waals surface area (Å²) in [5, 5.41) is 9.76. The van der Waals surface area contributed by atoms with Crippen molar-refractivity contribution in [2.75, 3.05) is 7.05 Å². The number of guanidine groups is 1. The first-order valence-corrected chi connectivity index (χ1v) is 6.62. The maximum atomic E-state index is 14.2. The molecule has 4 nitrogen and oxygen atoms in total. The summed E-state index contributed by atoms with van der Waals surface area (Å²) in [6.07, 6.45) is -1.88. The lowest BCUT2D eigenvalue weighted by Crippen LogP contribution is -2.65. The van der Waals surface area contributed by atoms with Crippen LogP contribution < -0.4 is 5.32 Å². The maximum absolute atomic E-state index is 14.2. The van der Waals surface area contributed by atoms with Crippen molar-refractivity contribution in [1.82, 2.24) is 10.2 Å². The molecule has 0 saturated carbocycles. The minimum atomic E-state index is -1.88. The average molecular weight is 338 g/mol. The Hall–Kier alpha value is -1.02. The van der Waals surface area contributed by atoms with Gasteiger partial charge in [0.05, 0.1) is 4.88 Å². The summed E-state index contributed by atoms with van der Waals surface area (Å²) in [7, 11) is 1.31. The minimum absolute atomic E-state index is 0.211. The van der Waals surface area contributed by atoms with Crippen molar-refractivity contribution in [2.24, 2.45) is 0 Å². The molecule has 0 radical (unpaired) electrons. The van der Waals surface area contributed by atoms with E-state index in [1.54, 1.807) is 0 Å². The standard InChI is InChI=1S/C10H10BrF2N3OS/c1-10(7-4(11)3-5(12)18-7)6(13)8(17)16(2)9(14)15-10/h3,6H,1-2H3,(H2,14,15)/t6?,10-/m0/s1. The van der Waals surface area contributed by atoms with Crippen molar-refractivity contribution >= 4 is 39.1 Å². The molecule has 2 N–H and O–H groups in total. The summed E-state index contributed by atoms with van der Waals surface area (Å²) in [5.74, 6) is -1.03. The topological polar surface area (TPSA) is 56.2 Å². The fourth-order valence-corrected chi connectivity index (χ4v) is 3.69. The molecule has 1 saturated heterocycles. The third-order valence-electron chi connectivity index (χ3n) is 2.90. The molecule has 0 aromatic carbocycles. The molecule has 0 spiro atoms. The van der Waals surface area contributed by atoms with Gasteiger partial charge in [-0.25, -0.2) is 4.39 Å². The molecular weight excluding hydrogens is 328 g/mol. The highest BCUT2D eigenvalue weighted by atomic mass is 79.9. The molecule has 1 fully saturated rings. The van der Waals surface area contributed by atoms with Gasteiger partial charge in [0.25, 0.3) is 5.91 Å². The molecule has 1 unspecified atom stereocenters. The Kier molecular flexibility index (Phi) is 3.18. The highest BCUT2D eigenvalue weighted by molar-refractivity contribution is 9.10. The van der Waals surface area contributed by atoms with E-state index in [0.29, 0.717) is 9.35 Å². The Morgan fingerprint density at radius 1 is 1.67 bits per heavy atom. The highest BCUT2D eigenvalue weighted by Crippen LogP contribution is 2.40. The third kappa shape index (κ3) is 1.83. The van der Waals surface area contributed by atoms with E-state index in [4.69, 9.17) is 5.41 Å². The number of alkyl halides is 1. The van der Waals surface area contributed by atoms with Crippen LogP contribution in [0, 0.1) is 10.5 Å². The zero-order chi connectivity index (χ0) is 13.7. The molecule has 98 valence electrons. The maximum Gasteiger partial charge on any atom is 0.266 e. The van der Waals surface area contributed by atoms with Crippen molar-refractivity contribution in [3.63, 3.8) is 0 Å². The molecule has 1 aliphatic heterocycles. The Bertz CT molecular complexity index is 535. The van der Waals surface area contributed by atoms with E-state index in [2.05, 4.69) is 21.2 Å². The first kappa shape index (κ1) is 13.4. The van der Waals surface area contributed by atoms with E-state index in [9.17, 15) is 13.6 Å². The predicted molar refractivity (Wildman–Crippen MR) is 67.9 cm³/mol. The molecule has 2 atom stereocenters. The molecule has 1 aromatic heterocycles. The van der Waals surface area contributed by atoms with E-state index < -0.39 is 22.7 Å². The zero-order valence-corrected chi connectivity index (χ0v) is 12.0. The molecule has 18 heavy (non-hydrogen) atoms. The first-order valence-electron chi connectivity index (χ1n) is 5.01. The fourth-order valence-electron chi connectivity index (χ4n) is 1.79. The van der Waals surface area contributed by atoms with E-state index in [-0.39, 0.29) is 5.96 Å². The van der Waals surface area contributed by atoms with Crippen LogP contribution in [0.15, 0.2) is 10.5 Å². The van der Waals surface area contributed by atoms with Gasteiger partial charge < -0.3 is 5.32 Å². The predicted octanol–water partition coefficient (Wildman–Crippen LogP) is 2.20. The summed E-state index contributed by atoms with van der Waals surface area (Å²) < 4.78 is 27.8. The number of halogens is 3. The summed E-state index contributed by atoms with van der Waals surface area (Å²) >= 11 is 3.88. The fraction of sp³-hybridized carbons (Fsp3) is 0.400. The molecular formula is C10H10BrF2N3OS. The molecule has 1 aromatic rings. The number of nitrogens with one attached hydrogen (secondary N) is 2. The van der Waals surface area contributed by atoms with Gasteiger partial charge in [0.15, 0.2) is 11.1 Å². The summed E-state index contributed by atoms with van der Waals surface area (Å²) in [4.78, 5) is 12.9. The normalized spacial score (nSPS) is 28.5. The van der Waals surface area contributed by atoms with Crippen LogP contribution in [0.5, 0.6) is 0 Å². The van der Waals surface area contributed by atoms with Gasteiger partial charge in [0.1, 0.15) is 5.54 Å². The molecule has 2 rings (SSSR count). The van der Waals surface area contributed by atoms with Gasteiger partial charge in [0.2, 0.25) is 6.17 Å². The second-order valence-electron chi connectivity index (χ2n) is 4.16. The van der Waals surface area contributed by atoms with Crippen molar-refractivity contribution < 1.29 is 13.6 Å². The number of hydrogen-bond donors (Lipinski definition) is 2. The Morgan fingerprint density at radius 2 is 2.28 bits per heavy atom. The number of amides is 1. The van der Waals surface area contributed by atoms with E-state index in [1.807, 2.05) is 0 Å². The van der Waals surface area contributed by atoms with Gasteiger partial charge in [-0.3, -0.25) is 15.1 Å². The average Bonchev–Trinajstić information content (AvgIpc) is 2.64. The van der Waals surface area contributed by atoms with Crippen LogP contribution >= 0.6 is 27.3 Å². The Labute approximate surface area is 115 Å². The highest BCUT2D eigenvalue weighted by Gasteiger charge is 2.50. The molecule has 1 aliphatic rings. The zero-order valence-electron chi connectivity index (χ0n) is 9.55. The van der Waals surface area contributed by atoms with Crippen LogP contribution in [-0.4, -0.2) is 30.0 Å². The lowest BCUT2D eigenvalue weighted by Gasteiger charge is -2.41. The van der Waals surface area contributed by atoms with E-state index in [1.165, 1.54) is 20.0 Å². The van der Waals surface area contributed by atoms with Gasteiger partial charge in [-0.15, -0.1) is 11.3 Å². The van der Waals surface area contributed by atoms with Crippen LogP contribution in [0.25, 0.3) is 0 Å². The minimum Gasteiger partial charge on any atom is -0.342 e.